The average molecular weight is 447 g/mol. The molecule has 0 bridgehead atoms. The molecule has 1 aromatic rings. The lowest BCUT2D eigenvalue weighted by Gasteiger charge is -2.23. The minimum Gasteiger partial charge on any atom is -0.469 e. The fraction of sp³-hybridized carbons (Fsp3) is 0.600. The largest absolute Gasteiger partial charge is 0.469 e. The van der Waals surface area contributed by atoms with Crippen molar-refractivity contribution in [3.63, 3.8) is 0 Å². The highest BCUT2D eigenvalue weighted by Crippen LogP contribution is 2.38. The van der Waals surface area contributed by atoms with Gasteiger partial charge >= 0.3 is 17.9 Å². The van der Waals surface area contributed by atoms with Crippen LogP contribution in [-0.4, -0.2) is 36.9 Å². The Kier molecular flexibility index (Phi) is 10.9. The van der Waals surface area contributed by atoms with E-state index in [1.807, 2.05) is 30.3 Å². The van der Waals surface area contributed by atoms with Crippen molar-refractivity contribution in [3.8, 4) is 0 Å². The van der Waals surface area contributed by atoms with Gasteiger partial charge < -0.3 is 14.2 Å². The van der Waals surface area contributed by atoms with Gasteiger partial charge in [-0.25, -0.2) is 0 Å². The molecule has 176 valence electrons. The summed E-state index contributed by atoms with van der Waals surface area (Å²) < 4.78 is 15.4. The summed E-state index contributed by atoms with van der Waals surface area (Å²) in [4.78, 5) is 47.5. The predicted molar refractivity (Wildman–Crippen MR) is 117 cm³/mol. The van der Waals surface area contributed by atoms with Crippen molar-refractivity contribution in [1.29, 1.82) is 0 Å². The molecule has 0 saturated heterocycles. The van der Waals surface area contributed by atoms with E-state index in [1.54, 1.807) is 0 Å². The molecule has 0 heterocycles. The van der Waals surface area contributed by atoms with Crippen molar-refractivity contribution in [3.05, 3.63) is 35.9 Å². The fourth-order valence-corrected chi connectivity index (χ4v) is 4.29. The molecule has 0 aromatic heterocycles. The van der Waals surface area contributed by atoms with Gasteiger partial charge in [0.25, 0.3) is 0 Å². The predicted octanol–water partition coefficient (Wildman–Crippen LogP) is 4.16. The number of carbonyl (C=O) groups is 4. The van der Waals surface area contributed by atoms with Gasteiger partial charge in [0.15, 0.2) is 0 Å². The molecule has 7 heteroatoms. The third-order valence-corrected chi connectivity index (χ3v) is 5.93. The minimum absolute atomic E-state index is 0.0912. The Morgan fingerprint density at radius 3 is 2.34 bits per heavy atom. The zero-order valence-corrected chi connectivity index (χ0v) is 19.0. The van der Waals surface area contributed by atoms with Crippen LogP contribution >= 0.6 is 0 Å². The monoisotopic (exact) mass is 446 g/mol. The van der Waals surface area contributed by atoms with E-state index in [4.69, 9.17) is 9.47 Å². The van der Waals surface area contributed by atoms with Crippen LogP contribution in [0.4, 0.5) is 0 Å². The molecule has 7 nitrogen and oxygen atoms in total. The molecule has 2 rings (SSSR count). The summed E-state index contributed by atoms with van der Waals surface area (Å²) in [5.41, 5.74) is 0.916. The second-order valence-corrected chi connectivity index (χ2v) is 8.30. The van der Waals surface area contributed by atoms with Gasteiger partial charge in [0.2, 0.25) is 0 Å². The Morgan fingerprint density at radius 1 is 0.938 bits per heavy atom. The first-order chi connectivity index (χ1) is 15.4. The van der Waals surface area contributed by atoms with E-state index < -0.39 is 12.1 Å². The normalized spacial score (nSPS) is 20.1. The van der Waals surface area contributed by atoms with Crippen LogP contribution in [0.15, 0.2) is 30.3 Å². The molecular formula is C25H34O7. The summed E-state index contributed by atoms with van der Waals surface area (Å²) in [6, 6.07) is 9.45. The first-order valence-corrected chi connectivity index (χ1v) is 11.4. The van der Waals surface area contributed by atoms with Crippen LogP contribution in [0.5, 0.6) is 0 Å². The molecule has 3 unspecified atom stereocenters. The van der Waals surface area contributed by atoms with Crippen LogP contribution in [-0.2, 0) is 40.0 Å². The molecule has 0 N–H and O–H groups in total. The first-order valence-electron chi connectivity index (χ1n) is 11.4. The van der Waals surface area contributed by atoms with Crippen LogP contribution in [0.2, 0.25) is 0 Å². The van der Waals surface area contributed by atoms with E-state index in [0.717, 1.165) is 31.2 Å². The number of unbranched alkanes of at least 4 members (excludes halogenated alkanes) is 3. The average Bonchev–Trinajstić information content (AvgIpc) is 3.06. The number of hydrogen-bond acceptors (Lipinski definition) is 7. The van der Waals surface area contributed by atoms with Crippen molar-refractivity contribution >= 4 is 23.7 Å². The zero-order chi connectivity index (χ0) is 23.3. The molecule has 0 spiro atoms. The van der Waals surface area contributed by atoms with E-state index in [-0.39, 0.29) is 49.0 Å². The second kappa shape index (κ2) is 13.7. The summed E-state index contributed by atoms with van der Waals surface area (Å²) in [5.74, 6) is -1.25. The minimum atomic E-state index is -0.480. The van der Waals surface area contributed by atoms with Crippen molar-refractivity contribution < 1.29 is 33.4 Å². The molecule has 3 atom stereocenters. The summed E-state index contributed by atoms with van der Waals surface area (Å²) in [5, 5.41) is 0. The van der Waals surface area contributed by atoms with Crippen LogP contribution in [0.3, 0.4) is 0 Å². The number of esters is 3. The van der Waals surface area contributed by atoms with E-state index in [0.29, 0.717) is 19.3 Å². The second-order valence-electron chi connectivity index (χ2n) is 8.30. The lowest BCUT2D eigenvalue weighted by atomic mass is 9.86. The molecule has 0 radical (unpaired) electrons. The van der Waals surface area contributed by atoms with Gasteiger partial charge in [0.05, 0.1) is 7.11 Å². The smallest absolute Gasteiger partial charge is 0.306 e. The molecular weight excluding hydrogens is 412 g/mol. The molecule has 1 aromatic carbocycles. The van der Waals surface area contributed by atoms with E-state index in [2.05, 4.69) is 4.74 Å². The highest BCUT2D eigenvalue weighted by atomic mass is 16.5. The highest BCUT2D eigenvalue weighted by Gasteiger charge is 2.43. The Morgan fingerprint density at radius 2 is 1.66 bits per heavy atom. The molecule has 1 fully saturated rings. The standard InChI is InChI=1S/C25H34O7/c1-18(26)32-23-16-22(27)20(12-8-3-4-9-13-24(28)30-2)21(23)14-15-25(29)31-17-19-10-6-5-7-11-19/h5-7,10-11,20-21,23H,3-4,8-9,12-17H2,1-2H3. The summed E-state index contributed by atoms with van der Waals surface area (Å²) in [6.07, 6.45) is 4.85. The van der Waals surface area contributed by atoms with E-state index in [1.165, 1.54) is 14.0 Å². The number of ketones is 1. The van der Waals surface area contributed by atoms with E-state index in [9.17, 15) is 19.2 Å². The van der Waals surface area contributed by atoms with Crippen LogP contribution in [0.1, 0.15) is 70.3 Å². The number of Topliss-reactive ketones (excluding diaryl/α,β-unsaturated/α-hetero) is 1. The van der Waals surface area contributed by atoms with Gasteiger partial charge in [-0.15, -0.1) is 0 Å². The molecule has 0 aliphatic heterocycles. The summed E-state index contributed by atoms with van der Waals surface area (Å²) >= 11 is 0. The highest BCUT2D eigenvalue weighted by molar-refractivity contribution is 5.85. The zero-order valence-electron chi connectivity index (χ0n) is 19.0. The van der Waals surface area contributed by atoms with Gasteiger partial charge in [0.1, 0.15) is 18.5 Å². The lowest BCUT2D eigenvalue weighted by molar-refractivity contribution is -0.149. The van der Waals surface area contributed by atoms with Crippen LogP contribution in [0, 0.1) is 11.8 Å². The maximum absolute atomic E-state index is 12.6. The van der Waals surface area contributed by atoms with Crippen molar-refractivity contribution in [2.75, 3.05) is 7.11 Å². The molecule has 1 saturated carbocycles. The third-order valence-electron chi connectivity index (χ3n) is 5.93. The Hall–Kier alpha value is -2.70. The Labute approximate surface area is 189 Å². The van der Waals surface area contributed by atoms with Crippen molar-refractivity contribution in [1.82, 2.24) is 0 Å². The molecule has 1 aliphatic rings. The summed E-state index contributed by atoms with van der Waals surface area (Å²) in [7, 11) is 1.38. The van der Waals surface area contributed by atoms with Gasteiger partial charge in [-0.1, -0.05) is 49.6 Å². The third kappa shape index (κ3) is 8.81. The van der Waals surface area contributed by atoms with Gasteiger partial charge in [0, 0.05) is 38.0 Å². The van der Waals surface area contributed by atoms with Crippen LogP contribution < -0.4 is 0 Å². The molecule has 1 aliphatic carbocycles. The number of carbonyl (C=O) groups excluding carboxylic acids is 4. The van der Waals surface area contributed by atoms with Gasteiger partial charge in [-0.05, 0) is 24.8 Å². The topological polar surface area (TPSA) is 96.0 Å². The maximum Gasteiger partial charge on any atom is 0.306 e. The van der Waals surface area contributed by atoms with Gasteiger partial charge in [-0.2, -0.15) is 0 Å². The van der Waals surface area contributed by atoms with Crippen molar-refractivity contribution in [2.45, 2.75) is 77.4 Å². The summed E-state index contributed by atoms with van der Waals surface area (Å²) in [6.45, 7) is 1.55. The number of methoxy groups -OCH3 is 1. The molecule has 0 amide bonds. The van der Waals surface area contributed by atoms with Crippen molar-refractivity contribution in [2.24, 2.45) is 11.8 Å². The van der Waals surface area contributed by atoms with Gasteiger partial charge in [-0.3, -0.25) is 19.2 Å². The number of ether oxygens (including phenoxy) is 3. The quantitative estimate of drug-likeness (QED) is 0.255. The number of hydrogen-bond donors (Lipinski definition) is 0. The fourth-order valence-electron chi connectivity index (χ4n) is 4.29. The van der Waals surface area contributed by atoms with E-state index >= 15 is 0 Å². The maximum atomic E-state index is 12.6. The number of benzene rings is 1. The number of rotatable bonds is 13. The lowest BCUT2D eigenvalue weighted by Crippen LogP contribution is -2.26. The van der Waals surface area contributed by atoms with Crippen LogP contribution in [0.25, 0.3) is 0 Å². The Balaban J connectivity index is 1.82. The molecule has 32 heavy (non-hydrogen) atoms. The first kappa shape index (κ1) is 25.6. The SMILES string of the molecule is COC(=O)CCCCCCC1C(=O)CC(OC(C)=O)C1CCC(=O)OCc1ccccc1. The Bertz CT molecular complexity index is 759.